The van der Waals surface area contributed by atoms with Crippen LogP contribution in [0.3, 0.4) is 0 Å². The van der Waals surface area contributed by atoms with Gasteiger partial charge < -0.3 is 4.74 Å². The number of hydrogen-bond acceptors (Lipinski definition) is 3. The van der Waals surface area contributed by atoms with Crippen LogP contribution in [0.1, 0.15) is 12.5 Å². The number of methoxy groups -OCH3 is 1. The van der Waals surface area contributed by atoms with Crippen LogP contribution >= 0.6 is 10.7 Å². The minimum atomic E-state index is -3.48. The molecule has 1 aromatic rings. The van der Waals surface area contributed by atoms with Crippen molar-refractivity contribution in [1.29, 1.82) is 0 Å². The van der Waals surface area contributed by atoms with Gasteiger partial charge >= 0.3 is 0 Å². The summed E-state index contributed by atoms with van der Waals surface area (Å²) in [5.41, 5.74) is 0.924. The van der Waals surface area contributed by atoms with Gasteiger partial charge in [-0.3, -0.25) is 0 Å². The molecule has 0 radical (unpaired) electrons. The molecule has 0 aliphatic rings. The van der Waals surface area contributed by atoms with Crippen LogP contribution in [0.2, 0.25) is 0 Å². The maximum absolute atomic E-state index is 11.0. The highest BCUT2D eigenvalue weighted by Gasteiger charge is 2.17. The Bertz CT molecular complexity index is 411. The molecule has 0 heterocycles. The van der Waals surface area contributed by atoms with Gasteiger partial charge in [0.25, 0.3) is 0 Å². The number of benzene rings is 1. The van der Waals surface area contributed by atoms with Crippen molar-refractivity contribution in [2.45, 2.75) is 18.6 Å². The molecule has 0 aliphatic carbocycles. The maximum Gasteiger partial charge on any atom is 0.235 e. The van der Waals surface area contributed by atoms with E-state index >= 15 is 0 Å². The summed E-state index contributed by atoms with van der Waals surface area (Å²) in [6.07, 6.45) is 0.413. The molecule has 0 aromatic heterocycles. The normalized spacial score (nSPS) is 13.5. The lowest BCUT2D eigenvalue weighted by molar-refractivity contribution is 0.414. The van der Waals surface area contributed by atoms with E-state index in [0.29, 0.717) is 6.42 Å². The van der Waals surface area contributed by atoms with Gasteiger partial charge in [0.2, 0.25) is 9.05 Å². The Hall–Kier alpha value is -0.740. The van der Waals surface area contributed by atoms with Crippen molar-refractivity contribution in [1.82, 2.24) is 0 Å². The summed E-state index contributed by atoms with van der Waals surface area (Å²) >= 11 is 0. The summed E-state index contributed by atoms with van der Waals surface area (Å²) < 4.78 is 27.0. The Kier molecular flexibility index (Phi) is 3.99. The van der Waals surface area contributed by atoms with Crippen molar-refractivity contribution in [3.8, 4) is 5.75 Å². The summed E-state index contributed by atoms with van der Waals surface area (Å²) in [5.74, 6) is 0.750. The lowest BCUT2D eigenvalue weighted by Crippen LogP contribution is -2.14. The fraction of sp³-hybridized carbons (Fsp3) is 0.400. The van der Waals surface area contributed by atoms with Crippen LogP contribution in [-0.2, 0) is 15.5 Å². The first-order chi connectivity index (χ1) is 6.93. The van der Waals surface area contributed by atoms with Gasteiger partial charge in [0, 0.05) is 10.7 Å². The van der Waals surface area contributed by atoms with Gasteiger partial charge in [0.15, 0.2) is 0 Å². The molecule has 0 N–H and O–H groups in total. The second kappa shape index (κ2) is 4.86. The number of halogens is 1. The van der Waals surface area contributed by atoms with E-state index < -0.39 is 14.3 Å². The third-order valence-electron chi connectivity index (χ3n) is 2.16. The zero-order chi connectivity index (χ0) is 11.5. The van der Waals surface area contributed by atoms with E-state index in [0.717, 1.165) is 11.3 Å². The summed E-state index contributed by atoms with van der Waals surface area (Å²) in [6.45, 7) is 1.59. The lowest BCUT2D eigenvalue weighted by Gasteiger charge is -2.08. The highest BCUT2D eigenvalue weighted by Crippen LogP contribution is 2.16. The minimum absolute atomic E-state index is 0.413. The van der Waals surface area contributed by atoms with E-state index in [2.05, 4.69) is 0 Å². The van der Waals surface area contributed by atoms with Crippen LogP contribution in [0.4, 0.5) is 0 Å². The molecule has 1 unspecified atom stereocenters. The molecule has 0 saturated carbocycles. The van der Waals surface area contributed by atoms with E-state index in [1.54, 1.807) is 26.2 Å². The largest absolute Gasteiger partial charge is 0.497 e. The van der Waals surface area contributed by atoms with Crippen molar-refractivity contribution in [2.24, 2.45) is 0 Å². The first-order valence-electron chi connectivity index (χ1n) is 4.50. The van der Waals surface area contributed by atoms with E-state index in [-0.39, 0.29) is 0 Å². The van der Waals surface area contributed by atoms with Gasteiger partial charge in [-0.1, -0.05) is 12.1 Å². The van der Waals surface area contributed by atoms with Crippen LogP contribution in [0.25, 0.3) is 0 Å². The Balaban J connectivity index is 2.74. The molecule has 0 fully saturated rings. The lowest BCUT2D eigenvalue weighted by atomic mass is 10.1. The van der Waals surface area contributed by atoms with Crippen LogP contribution in [-0.4, -0.2) is 20.8 Å². The van der Waals surface area contributed by atoms with Gasteiger partial charge in [-0.25, -0.2) is 8.42 Å². The topological polar surface area (TPSA) is 43.4 Å². The number of rotatable bonds is 4. The van der Waals surface area contributed by atoms with Crippen molar-refractivity contribution in [2.75, 3.05) is 7.11 Å². The van der Waals surface area contributed by atoms with E-state index in [1.165, 1.54) is 0 Å². The molecule has 3 nitrogen and oxygen atoms in total. The zero-order valence-corrected chi connectivity index (χ0v) is 10.2. The molecule has 15 heavy (non-hydrogen) atoms. The standard InChI is InChI=1S/C10H13ClO3S/c1-8(15(11,12)13)7-9-3-5-10(14-2)6-4-9/h3-6,8H,7H2,1-2H3. The first-order valence-corrected chi connectivity index (χ1v) is 6.87. The van der Waals surface area contributed by atoms with E-state index in [4.69, 9.17) is 15.4 Å². The van der Waals surface area contributed by atoms with Crippen LogP contribution in [0.5, 0.6) is 5.75 Å². The van der Waals surface area contributed by atoms with Gasteiger partial charge in [-0.2, -0.15) is 0 Å². The minimum Gasteiger partial charge on any atom is -0.497 e. The van der Waals surface area contributed by atoms with Gasteiger partial charge in [-0.05, 0) is 31.0 Å². The Morgan fingerprint density at radius 3 is 2.27 bits per heavy atom. The number of ether oxygens (including phenoxy) is 1. The zero-order valence-electron chi connectivity index (χ0n) is 8.60. The molecule has 1 rings (SSSR count). The van der Waals surface area contributed by atoms with Gasteiger partial charge in [0.1, 0.15) is 5.75 Å². The Labute approximate surface area is 94.4 Å². The quantitative estimate of drug-likeness (QED) is 0.768. The molecule has 5 heteroatoms. The van der Waals surface area contributed by atoms with Crippen LogP contribution in [0.15, 0.2) is 24.3 Å². The summed E-state index contributed by atoms with van der Waals surface area (Å²) in [7, 11) is 3.35. The van der Waals surface area contributed by atoms with Crippen LogP contribution < -0.4 is 4.74 Å². The molecule has 84 valence electrons. The predicted octanol–water partition coefficient (Wildman–Crippen LogP) is 2.19. The van der Waals surface area contributed by atoms with Crippen molar-refractivity contribution < 1.29 is 13.2 Å². The van der Waals surface area contributed by atoms with E-state index in [9.17, 15) is 8.42 Å². The molecule has 1 aromatic carbocycles. The molecule has 0 aliphatic heterocycles. The molecule has 0 bridgehead atoms. The third-order valence-corrected chi connectivity index (χ3v) is 4.20. The maximum atomic E-state index is 11.0. The molecule has 1 atom stereocenters. The molecule has 0 saturated heterocycles. The highest BCUT2D eigenvalue weighted by molar-refractivity contribution is 8.14. The van der Waals surface area contributed by atoms with Gasteiger partial charge in [-0.15, -0.1) is 0 Å². The molecular formula is C10H13ClO3S. The summed E-state index contributed by atoms with van der Waals surface area (Å²) in [5, 5.41) is -0.576. The van der Waals surface area contributed by atoms with Gasteiger partial charge in [0.05, 0.1) is 12.4 Å². The number of hydrogen-bond donors (Lipinski definition) is 0. The van der Waals surface area contributed by atoms with Crippen molar-refractivity contribution >= 4 is 19.7 Å². The van der Waals surface area contributed by atoms with Crippen LogP contribution in [0, 0.1) is 0 Å². The third kappa shape index (κ3) is 3.72. The fourth-order valence-electron chi connectivity index (χ4n) is 1.19. The monoisotopic (exact) mass is 248 g/mol. The second-order valence-electron chi connectivity index (χ2n) is 3.34. The van der Waals surface area contributed by atoms with Crippen molar-refractivity contribution in [3.63, 3.8) is 0 Å². The van der Waals surface area contributed by atoms with Crippen molar-refractivity contribution in [3.05, 3.63) is 29.8 Å². The first kappa shape index (κ1) is 12.3. The highest BCUT2D eigenvalue weighted by atomic mass is 35.7. The Morgan fingerprint density at radius 2 is 1.87 bits per heavy atom. The molecule has 0 amide bonds. The Morgan fingerprint density at radius 1 is 1.33 bits per heavy atom. The molecule has 0 spiro atoms. The fourth-order valence-corrected chi connectivity index (χ4v) is 1.77. The molecular weight excluding hydrogens is 236 g/mol. The second-order valence-corrected chi connectivity index (χ2v) is 6.38. The summed E-state index contributed by atoms with van der Waals surface area (Å²) in [4.78, 5) is 0. The SMILES string of the molecule is COc1ccc(CC(C)S(=O)(=O)Cl)cc1. The average Bonchev–Trinajstić information content (AvgIpc) is 2.17. The summed E-state index contributed by atoms with van der Waals surface area (Å²) in [6, 6.07) is 7.25. The predicted molar refractivity (Wildman–Crippen MR) is 60.9 cm³/mol. The van der Waals surface area contributed by atoms with E-state index in [1.807, 2.05) is 12.1 Å². The smallest absolute Gasteiger partial charge is 0.235 e. The average molecular weight is 249 g/mol.